The fraction of sp³-hybridized carbons (Fsp3) is 1.00. The van der Waals surface area contributed by atoms with Crippen LogP contribution < -0.4 is 0 Å². The summed E-state index contributed by atoms with van der Waals surface area (Å²) in [5.74, 6) is 0. The van der Waals surface area contributed by atoms with Crippen molar-refractivity contribution in [1.82, 2.24) is 0 Å². The van der Waals surface area contributed by atoms with Gasteiger partial charge in [-0.1, -0.05) is 18.0 Å². The normalized spacial score (nSPS) is 20.3. The molecule has 6 heavy (non-hydrogen) atoms. The summed E-state index contributed by atoms with van der Waals surface area (Å²) in [5.41, 5.74) is 0. The van der Waals surface area contributed by atoms with E-state index in [2.05, 4.69) is 0 Å². The molecule has 0 amide bonds. The lowest BCUT2D eigenvalue weighted by Crippen LogP contribution is -2.07. The fourth-order valence-electron chi connectivity index (χ4n) is 0. The minimum Gasteiger partial charge on any atom is -0.772 e. The first-order chi connectivity index (χ1) is 2.64. The number of hydrogen-bond acceptors (Lipinski definition) is 2. The zero-order valence-electron chi connectivity index (χ0n) is 3.80. The van der Waals surface area contributed by atoms with Gasteiger partial charge in [-0.3, -0.25) is 4.21 Å². The second-order valence-corrected chi connectivity index (χ2v) is 5.34. The van der Waals surface area contributed by atoms with Crippen LogP contribution in [0.3, 0.4) is 0 Å². The van der Waals surface area contributed by atoms with Gasteiger partial charge in [0.1, 0.15) is 0 Å². The zero-order chi connectivity index (χ0) is 5.15. The van der Waals surface area contributed by atoms with Crippen LogP contribution in [0.4, 0.5) is 0 Å². The molecule has 0 aliphatic heterocycles. The van der Waals surface area contributed by atoms with Gasteiger partial charge in [0.05, 0.1) is 0 Å². The Labute approximate surface area is 42.7 Å². The summed E-state index contributed by atoms with van der Waals surface area (Å²) in [5, 5.41) is 0. The van der Waals surface area contributed by atoms with Crippen molar-refractivity contribution in [2.24, 2.45) is 0 Å². The first-order valence-electron chi connectivity index (χ1n) is 1.72. The molecule has 0 aromatic heterocycles. The molecule has 0 aromatic carbocycles. The second-order valence-electron chi connectivity index (χ2n) is 1.31. The lowest BCUT2D eigenvalue weighted by molar-refractivity contribution is 0.535. The summed E-state index contributed by atoms with van der Waals surface area (Å²) >= 11 is -1.81. The molecule has 0 aliphatic carbocycles. The molecule has 0 N–H and O–H groups in total. The maximum atomic E-state index is 9.73. The van der Waals surface area contributed by atoms with E-state index >= 15 is 0 Å². The van der Waals surface area contributed by atoms with Crippen molar-refractivity contribution in [2.75, 3.05) is 0 Å². The molecule has 0 aromatic rings. The third-order valence-electron chi connectivity index (χ3n) is 0.385. The van der Waals surface area contributed by atoms with Crippen molar-refractivity contribution in [3.63, 3.8) is 0 Å². The molecule has 0 saturated heterocycles. The van der Waals surface area contributed by atoms with Gasteiger partial charge in [0.15, 0.2) is 0 Å². The van der Waals surface area contributed by atoms with Gasteiger partial charge in [-0.05, 0) is 0 Å². The highest BCUT2D eigenvalue weighted by Gasteiger charge is 1.85. The van der Waals surface area contributed by atoms with E-state index < -0.39 is 11.1 Å². The minimum atomic E-state index is -1.81. The van der Waals surface area contributed by atoms with Crippen LogP contribution in [0.5, 0.6) is 0 Å². The minimum absolute atomic E-state index is 0.0926. The van der Waals surface area contributed by atoms with Gasteiger partial charge in [0.2, 0.25) is 0 Å². The number of hydrogen-bond donors (Lipinski definition) is 0. The van der Waals surface area contributed by atoms with E-state index in [1.165, 1.54) is 0 Å². The Hall–Kier alpha value is 0.327. The third kappa shape index (κ3) is 2.56. The van der Waals surface area contributed by atoms with Gasteiger partial charge in [-0.2, -0.15) is 0 Å². The second kappa shape index (κ2) is 2.49. The van der Waals surface area contributed by atoms with Crippen LogP contribution >= 0.6 is 0 Å². The summed E-state index contributed by atoms with van der Waals surface area (Å²) in [6.45, 7) is 1.69. The topological polar surface area (TPSA) is 40.1 Å². The predicted molar refractivity (Wildman–Crippen MR) is 28.3 cm³/mol. The largest absolute Gasteiger partial charge is 0.772 e. The maximum Gasteiger partial charge on any atom is 0.0207 e. The lowest BCUT2D eigenvalue weighted by Gasteiger charge is -2.05. The molecule has 2 unspecified atom stereocenters. The molecule has 2 nitrogen and oxygen atoms in total. The van der Waals surface area contributed by atoms with E-state index in [4.69, 9.17) is 0 Å². The highest BCUT2D eigenvalue weighted by molar-refractivity contribution is 7.81. The summed E-state index contributed by atoms with van der Waals surface area (Å²) in [6.07, 6.45) is 0. The van der Waals surface area contributed by atoms with E-state index in [1.54, 1.807) is 6.92 Å². The van der Waals surface area contributed by atoms with Gasteiger partial charge < -0.3 is 4.55 Å². The molecule has 38 valence electrons. The first-order valence-corrected chi connectivity index (χ1v) is 4.02. The quantitative estimate of drug-likeness (QED) is 0.317. The van der Waals surface area contributed by atoms with Gasteiger partial charge >= 0.3 is 0 Å². The van der Waals surface area contributed by atoms with E-state index in [1.807, 2.05) is 0 Å². The van der Waals surface area contributed by atoms with Crippen LogP contribution in [0.15, 0.2) is 0 Å². The van der Waals surface area contributed by atoms with Crippen LogP contribution in [-0.2, 0) is 11.1 Å². The van der Waals surface area contributed by atoms with Crippen LogP contribution in [-0.4, -0.2) is 23.9 Å². The van der Waals surface area contributed by atoms with Gasteiger partial charge in [0.25, 0.3) is 0 Å². The Morgan fingerprint density at radius 2 is 2.17 bits per heavy atom. The van der Waals surface area contributed by atoms with Crippen LogP contribution in [0.2, 0.25) is 0 Å². The molecule has 0 saturated carbocycles. The van der Waals surface area contributed by atoms with Crippen molar-refractivity contribution < 1.29 is 8.76 Å². The summed E-state index contributed by atoms with van der Waals surface area (Å²) in [6, 6.07) is 0. The van der Waals surface area contributed by atoms with Gasteiger partial charge in [-0.15, -0.1) is 0 Å². The Bertz CT molecular complexity index is 62.6. The molecule has 0 rings (SSSR count). The van der Waals surface area contributed by atoms with E-state index in [9.17, 15) is 8.76 Å². The van der Waals surface area contributed by atoms with Crippen molar-refractivity contribution >= 4 is 21.3 Å². The fourth-order valence-corrected chi connectivity index (χ4v) is 0. The van der Waals surface area contributed by atoms with E-state index in [0.717, 1.165) is 10.2 Å². The van der Waals surface area contributed by atoms with Crippen molar-refractivity contribution in [3.05, 3.63) is 0 Å². The van der Waals surface area contributed by atoms with Crippen LogP contribution in [0, 0.1) is 0 Å². The van der Waals surface area contributed by atoms with E-state index in [0.29, 0.717) is 0 Å². The Morgan fingerprint density at radius 1 is 2.00 bits per heavy atom. The molecular formula is C2H7O2SSi-. The predicted octanol–water partition coefficient (Wildman–Crippen LogP) is -1.42. The van der Waals surface area contributed by atoms with E-state index in [-0.39, 0.29) is 4.87 Å². The Kier molecular flexibility index (Phi) is 2.63. The highest BCUT2D eigenvalue weighted by Crippen LogP contribution is 1.79. The average molecular weight is 123 g/mol. The first kappa shape index (κ1) is 6.33. The molecule has 0 fully saturated rings. The van der Waals surface area contributed by atoms with Gasteiger partial charge in [-0.25, -0.2) is 0 Å². The van der Waals surface area contributed by atoms with Crippen LogP contribution in [0.25, 0.3) is 0 Å². The SMILES string of the molecule is CC([SiH3])S(=O)[O-]. The molecule has 4 heteroatoms. The highest BCUT2D eigenvalue weighted by atomic mass is 32.2. The molecule has 0 bridgehead atoms. The third-order valence-corrected chi connectivity index (χ3v) is 2.31. The molecule has 0 aliphatic rings. The molecule has 0 radical (unpaired) electrons. The summed E-state index contributed by atoms with van der Waals surface area (Å²) < 4.78 is 19.5. The zero-order valence-corrected chi connectivity index (χ0v) is 6.62. The molecule has 0 spiro atoms. The van der Waals surface area contributed by atoms with Crippen molar-refractivity contribution in [3.8, 4) is 0 Å². The van der Waals surface area contributed by atoms with Gasteiger partial charge in [0, 0.05) is 15.1 Å². The number of rotatable bonds is 1. The average Bonchev–Trinajstić information content (AvgIpc) is 1.36. The Balaban J connectivity index is 3.26. The lowest BCUT2D eigenvalue weighted by atomic mass is 11.0. The maximum absolute atomic E-state index is 9.73. The Morgan fingerprint density at radius 3 is 2.17 bits per heavy atom. The van der Waals surface area contributed by atoms with Crippen molar-refractivity contribution in [1.29, 1.82) is 0 Å². The van der Waals surface area contributed by atoms with Crippen molar-refractivity contribution in [2.45, 2.75) is 11.8 Å². The molecule has 2 atom stereocenters. The smallest absolute Gasteiger partial charge is 0.0207 e. The molecule has 0 heterocycles. The standard InChI is InChI=1S/C2H8O2SSi/c1-2(6)5(3)4/h2H,1,6H3,(H,3,4)/p-1. The van der Waals surface area contributed by atoms with Crippen LogP contribution in [0.1, 0.15) is 6.92 Å². The summed E-state index contributed by atoms with van der Waals surface area (Å²) in [7, 11) is 0.741. The molecular weight excluding hydrogens is 116 g/mol. The monoisotopic (exact) mass is 123 g/mol. The summed E-state index contributed by atoms with van der Waals surface area (Å²) in [4.78, 5) is -0.0926.